The van der Waals surface area contributed by atoms with Gasteiger partial charge in [0.25, 0.3) is 0 Å². The Balaban J connectivity index is 1.62. The molecule has 0 amide bonds. The van der Waals surface area contributed by atoms with Crippen LogP contribution in [0.25, 0.3) is 0 Å². The normalized spacial score (nSPS) is 16.6. The Hall–Kier alpha value is -3.38. The molecule has 0 aliphatic carbocycles. The molecule has 4 rings (SSSR count). The highest BCUT2D eigenvalue weighted by molar-refractivity contribution is 6.30. The van der Waals surface area contributed by atoms with Gasteiger partial charge < -0.3 is 4.90 Å². The molecular formula is C24H20ClN5. The Labute approximate surface area is 181 Å². The van der Waals surface area contributed by atoms with E-state index in [-0.39, 0.29) is 6.04 Å². The summed E-state index contributed by atoms with van der Waals surface area (Å²) in [4.78, 5) is 9.14. The molecule has 2 heterocycles. The van der Waals surface area contributed by atoms with Gasteiger partial charge in [-0.3, -0.25) is 4.90 Å². The van der Waals surface area contributed by atoms with Crippen LogP contribution in [0.4, 0.5) is 5.82 Å². The van der Waals surface area contributed by atoms with E-state index in [1.807, 2.05) is 54.6 Å². The van der Waals surface area contributed by atoms with Gasteiger partial charge in [0, 0.05) is 37.4 Å². The summed E-state index contributed by atoms with van der Waals surface area (Å²) < 4.78 is 0. The van der Waals surface area contributed by atoms with Crippen molar-refractivity contribution in [3.8, 4) is 12.1 Å². The summed E-state index contributed by atoms with van der Waals surface area (Å²) in [5, 5.41) is 19.3. The summed E-state index contributed by atoms with van der Waals surface area (Å²) in [5.41, 5.74) is 3.56. The molecule has 0 bridgehead atoms. The van der Waals surface area contributed by atoms with Gasteiger partial charge in [-0.15, -0.1) is 0 Å². The maximum absolute atomic E-state index is 9.56. The molecule has 3 aromatic rings. The predicted octanol–water partition coefficient (Wildman–Crippen LogP) is 4.54. The molecule has 1 saturated heterocycles. The summed E-state index contributed by atoms with van der Waals surface area (Å²) in [5.74, 6) is 0.720. The average molecular weight is 414 g/mol. The highest BCUT2D eigenvalue weighted by atomic mass is 35.5. The van der Waals surface area contributed by atoms with Crippen LogP contribution in [-0.4, -0.2) is 29.5 Å². The molecule has 0 unspecified atom stereocenters. The number of pyridine rings is 1. The van der Waals surface area contributed by atoms with E-state index in [1.165, 1.54) is 5.56 Å². The molecule has 6 heteroatoms. The topological polar surface area (TPSA) is 67.0 Å². The van der Waals surface area contributed by atoms with Gasteiger partial charge in [-0.25, -0.2) is 4.98 Å². The molecule has 0 spiro atoms. The molecule has 5 nitrogen and oxygen atoms in total. The number of nitrogens with zero attached hydrogens (tertiary/aromatic N) is 5. The van der Waals surface area contributed by atoms with Crippen LogP contribution in [0.1, 0.15) is 28.3 Å². The zero-order valence-corrected chi connectivity index (χ0v) is 17.1. The third-order valence-electron chi connectivity index (χ3n) is 5.39. The van der Waals surface area contributed by atoms with Crippen molar-refractivity contribution in [3.63, 3.8) is 0 Å². The number of aromatic nitrogens is 1. The Morgan fingerprint density at radius 2 is 1.73 bits per heavy atom. The monoisotopic (exact) mass is 413 g/mol. The molecule has 0 radical (unpaired) electrons. The number of halogens is 1. The van der Waals surface area contributed by atoms with Crippen LogP contribution in [0, 0.1) is 22.7 Å². The Bertz CT molecular complexity index is 1100. The van der Waals surface area contributed by atoms with Gasteiger partial charge in [0.15, 0.2) is 0 Å². The van der Waals surface area contributed by atoms with Crippen LogP contribution in [0.5, 0.6) is 0 Å². The van der Waals surface area contributed by atoms with Crippen LogP contribution < -0.4 is 4.90 Å². The maximum Gasteiger partial charge on any atom is 0.147 e. The molecule has 1 aromatic heterocycles. The number of anilines is 1. The van der Waals surface area contributed by atoms with E-state index in [4.69, 9.17) is 16.9 Å². The summed E-state index contributed by atoms with van der Waals surface area (Å²) in [6.45, 7) is 3.21. The van der Waals surface area contributed by atoms with Crippen molar-refractivity contribution < 1.29 is 0 Å². The van der Waals surface area contributed by atoms with Gasteiger partial charge in [0.2, 0.25) is 0 Å². The first kappa shape index (κ1) is 19.9. The van der Waals surface area contributed by atoms with Crippen molar-refractivity contribution in [2.75, 3.05) is 24.5 Å². The van der Waals surface area contributed by atoms with Crippen LogP contribution in [-0.2, 0) is 6.54 Å². The first-order chi connectivity index (χ1) is 14.7. The summed E-state index contributed by atoms with van der Waals surface area (Å²) >= 11 is 6.11. The third-order valence-corrected chi connectivity index (χ3v) is 5.64. The first-order valence-electron chi connectivity index (χ1n) is 9.76. The van der Waals surface area contributed by atoms with E-state index in [2.05, 4.69) is 26.9 Å². The lowest BCUT2D eigenvalue weighted by atomic mass is 10.0. The molecule has 1 aliphatic rings. The number of hydrogen-bond donors (Lipinski definition) is 0. The van der Waals surface area contributed by atoms with Gasteiger partial charge in [-0.05, 0) is 47.5 Å². The summed E-state index contributed by atoms with van der Waals surface area (Å²) in [6.07, 6.45) is 1.73. The lowest BCUT2D eigenvalue weighted by molar-refractivity contribution is 0.215. The molecule has 0 N–H and O–H groups in total. The van der Waals surface area contributed by atoms with Gasteiger partial charge in [-0.1, -0.05) is 35.9 Å². The van der Waals surface area contributed by atoms with Crippen LogP contribution in [0.2, 0.25) is 5.02 Å². The molecule has 2 aromatic carbocycles. The minimum atomic E-state index is 0.0522. The van der Waals surface area contributed by atoms with Gasteiger partial charge in [0.05, 0.1) is 23.2 Å². The number of rotatable bonds is 4. The van der Waals surface area contributed by atoms with E-state index < -0.39 is 0 Å². The fourth-order valence-corrected chi connectivity index (χ4v) is 3.99. The van der Waals surface area contributed by atoms with E-state index in [9.17, 15) is 5.26 Å². The van der Waals surface area contributed by atoms with E-state index >= 15 is 0 Å². The minimum Gasteiger partial charge on any atom is -0.346 e. The van der Waals surface area contributed by atoms with Gasteiger partial charge in [-0.2, -0.15) is 10.5 Å². The fraction of sp³-hybridized carbons (Fsp3) is 0.208. The van der Waals surface area contributed by atoms with E-state index in [1.54, 1.807) is 12.3 Å². The summed E-state index contributed by atoms with van der Waals surface area (Å²) in [6, 6.07) is 23.7. The molecule has 148 valence electrons. The van der Waals surface area contributed by atoms with Crippen molar-refractivity contribution in [1.82, 2.24) is 9.88 Å². The highest BCUT2D eigenvalue weighted by Gasteiger charge is 2.30. The standard InChI is InChI=1S/C24H20ClN5/c25-22-9-7-20(8-10-22)23-17-29(16-19-5-3-18(14-26)4-6-19)12-13-30(23)24-21(15-27)2-1-11-28-24/h1-11,23H,12-13,16-17H2/t23-/m0/s1. The van der Waals surface area contributed by atoms with Crippen LogP contribution >= 0.6 is 11.6 Å². The van der Waals surface area contributed by atoms with Crippen LogP contribution in [0.15, 0.2) is 66.9 Å². The smallest absolute Gasteiger partial charge is 0.147 e. The largest absolute Gasteiger partial charge is 0.346 e. The van der Waals surface area contributed by atoms with Gasteiger partial charge >= 0.3 is 0 Å². The van der Waals surface area contributed by atoms with E-state index in [0.717, 1.165) is 37.6 Å². The SMILES string of the molecule is N#Cc1ccc(CN2CCN(c3ncccc3C#N)[C@H](c3ccc(Cl)cc3)C2)cc1. The first-order valence-corrected chi connectivity index (χ1v) is 10.1. The Morgan fingerprint density at radius 1 is 0.967 bits per heavy atom. The van der Waals surface area contributed by atoms with Crippen molar-refractivity contribution in [3.05, 3.63) is 94.1 Å². The Morgan fingerprint density at radius 3 is 2.43 bits per heavy atom. The number of piperazine rings is 1. The number of hydrogen-bond acceptors (Lipinski definition) is 5. The Kier molecular flexibility index (Phi) is 5.95. The molecule has 1 aliphatic heterocycles. The molecule has 1 atom stereocenters. The second-order valence-corrected chi connectivity index (χ2v) is 7.73. The van der Waals surface area contributed by atoms with Crippen molar-refractivity contribution >= 4 is 17.4 Å². The quantitative estimate of drug-likeness (QED) is 0.628. The zero-order chi connectivity index (χ0) is 20.9. The molecule has 30 heavy (non-hydrogen) atoms. The lowest BCUT2D eigenvalue weighted by Gasteiger charge is -2.42. The van der Waals surface area contributed by atoms with E-state index in [0.29, 0.717) is 16.1 Å². The zero-order valence-electron chi connectivity index (χ0n) is 16.4. The predicted molar refractivity (Wildman–Crippen MR) is 117 cm³/mol. The third kappa shape index (κ3) is 4.28. The molecule has 0 saturated carbocycles. The lowest BCUT2D eigenvalue weighted by Crippen LogP contribution is -2.48. The van der Waals surface area contributed by atoms with Crippen molar-refractivity contribution in [2.24, 2.45) is 0 Å². The van der Waals surface area contributed by atoms with Crippen molar-refractivity contribution in [1.29, 1.82) is 10.5 Å². The average Bonchev–Trinajstić information content (AvgIpc) is 2.80. The van der Waals surface area contributed by atoms with Crippen LogP contribution in [0.3, 0.4) is 0 Å². The number of nitriles is 2. The van der Waals surface area contributed by atoms with Gasteiger partial charge in [0.1, 0.15) is 11.9 Å². The number of benzene rings is 2. The fourth-order valence-electron chi connectivity index (χ4n) is 3.86. The maximum atomic E-state index is 9.56. The summed E-state index contributed by atoms with van der Waals surface area (Å²) in [7, 11) is 0. The molecular weight excluding hydrogens is 394 g/mol. The minimum absolute atomic E-state index is 0.0522. The molecule has 1 fully saturated rings. The van der Waals surface area contributed by atoms with Crippen molar-refractivity contribution in [2.45, 2.75) is 12.6 Å². The second kappa shape index (κ2) is 8.97. The highest BCUT2D eigenvalue weighted by Crippen LogP contribution is 2.32. The second-order valence-electron chi connectivity index (χ2n) is 7.29.